The smallest absolute Gasteiger partial charge is 0.326 e. The average Bonchev–Trinajstić information content (AvgIpc) is 3.24. The van der Waals surface area contributed by atoms with Gasteiger partial charge in [0.2, 0.25) is 0 Å². The Morgan fingerprint density at radius 1 is 1.19 bits per heavy atom. The molecule has 8 nitrogen and oxygen atoms in total. The van der Waals surface area contributed by atoms with E-state index in [4.69, 9.17) is 9.72 Å². The molecule has 0 aliphatic heterocycles. The molecule has 3 aromatic heterocycles. The lowest BCUT2D eigenvalue weighted by Crippen LogP contribution is -2.42. The molecule has 2 aliphatic carbocycles. The maximum absolute atomic E-state index is 12.8. The van der Waals surface area contributed by atoms with Crippen molar-refractivity contribution < 1.29 is 19.4 Å². The molecule has 1 saturated carbocycles. The summed E-state index contributed by atoms with van der Waals surface area (Å²) >= 11 is 0. The van der Waals surface area contributed by atoms with Crippen LogP contribution in [0, 0.1) is 5.92 Å². The molecule has 0 saturated heterocycles. The topological polar surface area (TPSA) is 106 Å². The lowest BCUT2D eigenvalue weighted by molar-refractivity contribution is -0.140. The quantitative estimate of drug-likeness (QED) is 0.447. The van der Waals surface area contributed by atoms with E-state index in [2.05, 4.69) is 22.4 Å². The summed E-state index contributed by atoms with van der Waals surface area (Å²) in [6.07, 6.45) is 12.7. The number of aliphatic carboxylic acids is 1. The number of fused-ring (bicyclic) bond motifs is 2. The first-order valence-electron chi connectivity index (χ1n) is 13.0. The Balaban J connectivity index is 1.04. The Morgan fingerprint density at radius 3 is 2.86 bits per heavy atom. The third-order valence-corrected chi connectivity index (χ3v) is 7.61. The van der Waals surface area contributed by atoms with Crippen molar-refractivity contribution >= 4 is 22.9 Å². The number of aromatic nitrogens is 3. The second kappa shape index (κ2) is 10.8. The van der Waals surface area contributed by atoms with E-state index in [1.165, 1.54) is 29.8 Å². The monoisotopic (exact) mass is 490 g/mol. The first-order valence-corrected chi connectivity index (χ1v) is 13.0. The molecule has 0 spiro atoms. The Hall–Kier alpha value is -3.26. The van der Waals surface area contributed by atoms with Gasteiger partial charge in [-0.3, -0.25) is 9.78 Å². The number of rotatable bonds is 10. The largest absolute Gasteiger partial charge is 0.480 e. The van der Waals surface area contributed by atoms with Crippen molar-refractivity contribution in [2.45, 2.75) is 69.9 Å². The van der Waals surface area contributed by atoms with E-state index in [0.717, 1.165) is 38.5 Å². The van der Waals surface area contributed by atoms with Gasteiger partial charge < -0.3 is 19.7 Å². The van der Waals surface area contributed by atoms with Gasteiger partial charge in [0.25, 0.3) is 5.91 Å². The normalized spacial score (nSPS) is 19.9. The van der Waals surface area contributed by atoms with Crippen LogP contribution < -0.4 is 5.32 Å². The predicted molar refractivity (Wildman–Crippen MR) is 136 cm³/mol. The predicted octanol–water partition coefficient (Wildman–Crippen LogP) is 3.85. The number of aryl methyl sites for hydroxylation is 4. The van der Waals surface area contributed by atoms with Gasteiger partial charge in [0.05, 0.1) is 11.7 Å². The van der Waals surface area contributed by atoms with Gasteiger partial charge in [0, 0.05) is 49.2 Å². The molecule has 0 bridgehead atoms. The number of carboxylic acids is 1. The summed E-state index contributed by atoms with van der Waals surface area (Å²) in [5.74, 6) is -0.849. The van der Waals surface area contributed by atoms with Gasteiger partial charge in [-0.15, -0.1) is 0 Å². The summed E-state index contributed by atoms with van der Waals surface area (Å²) in [6.45, 7) is 0.304. The fourth-order valence-electron chi connectivity index (χ4n) is 5.37. The van der Waals surface area contributed by atoms with Crippen molar-refractivity contribution in [3.05, 3.63) is 59.2 Å². The summed E-state index contributed by atoms with van der Waals surface area (Å²) in [5.41, 5.74) is 5.02. The maximum Gasteiger partial charge on any atom is 0.326 e. The number of carboxylic acid groups (broad SMARTS) is 1. The Kier molecular flexibility index (Phi) is 7.32. The van der Waals surface area contributed by atoms with E-state index >= 15 is 0 Å². The summed E-state index contributed by atoms with van der Waals surface area (Å²) in [5, 5.41) is 13.0. The van der Waals surface area contributed by atoms with E-state index in [1.54, 1.807) is 12.3 Å². The van der Waals surface area contributed by atoms with Crippen LogP contribution in [-0.2, 0) is 35.8 Å². The zero-order valence-corrected chi connectivity index (χ0v) is 20.8. The number of hydrogen-bond acceptors (Lipinski definition) is 5. The second-order valence-corrected chi connectivity index (χ2v) is 10.2. The summed E-state index contributed by atoms with van der Waals surface area (Å²) in [4.78, 5) is 33.7. The number of amides is 1. The molecule has 190 valence electrons. The first-order chi connectivity index (χ1) is 17.5. The van der Waals surface area contributed by atoms with E-state index < -0.39 is 17.9 Å². The van der Waals surface area contributed by atoms with E-state index in [0.29, 0.717) is 29.1 Å². The van der Waals surface area contributed by atoms with Gasteiger partial charge in [-0.25, -0.2) is 9.78 Å². The first kappa shape index (κ1) is 24.4. The molecule has 1 unspecified atom stereocenters. The lowest BCUT2D eigenvalue weighted by atomic mass is 9.79. The van der Waals surface area contributed by atoms with Gasteiger partial charge >= 0.3 is 5.97 Å². The fourth-order valence-corrected chi connectivity index (χ4v) is 5.37. The average molecular weight is 491 g/mol. The van der Waals surface area contributed by atoms with E-state index in [9.17, 15) is 14.7 Å². The van der Waals surface area contributed by atoms with Crippen molar-refractivity contribution in [2.75, 3.05) is 6.61 Å². The Morgan fingerprint density at radius 2 is 2.03 bits per heavy atom. The molecule has 5 rings (SSSR count). The van der Waals surface area contributed by atoms with Crippen molar-refractivity contribution in [1.29, 1.82) is 0 Å². The lowest BCUT2D eigenvalue weighted by Gasteiger charge is -2.35. The van der Waals surface area contributed by atoms with Gasteiger partial charge in [-0.05, 0) is 81.0 Å². The molecule has 1 atom stereocenters. The molecule has 0 radical (unpaired) electrons. The number of carbonyl (C=O) groups is 2. The molecule has 2 aliphatic rings. The number of nitrogens with zero attached hydrogens (tertiary/aromatic N) is 3. The molecular weight excluding hydrogens is 456 g/mol. The minimum atomic E-state index is -1.06. The maximum atomic E-state index is 12.8. The zero-order chi connectivity index (χ0) is 25.1. The van der Waals surface area contributed by atoms with Crippen LogP contribution in [-0.4, -0.2) is 50.3 Å². The third kappa shape index (κ3) is 5.43. The number of hydrogen-bond donors (Lipinski definition) is 2. The van der Waals surface area contributed by atoms with Crippen LogP contribution in [0.4, 0.5) is 0 Å². The standard InChI is InChI=1S/C28H34N4O4/c1-32-14-11-22-23(10-13-29-26(22)32)27(33)31-25(28(34)35)12-15-36-21-16-18(17-21)6-8-20-9-7-19-4-2-3-5-24(19)30-20/h7,9-11,13-14,18,21,25H,2-6,8,12,15-17H2,1H3,(H,31,33)(H,34,35). The SMILES string of the molecule is Cn1ccc2c(C(=O)NC(CCOC3CC(CCc4ccc5c(n4)CCCC5)C3)C(=O)O)ccnc21. The molecule has 1 fully saturated rings. The molecule has 2 N–H and O–H groups in total. The number of carbonyl (C=O) groups excluding carboxylic acids is 1. The molecule has 36 heavy (non-hydrogen) atoms. The van der Waals surface area contributed by atoms with Crippen LogP contribution in [0.3, 0.4) is 0 Å². The third-order valence-electron chi connectivity index (χ3n) is 7.61. The minimum absolute atomic E-state index is 0.167. The second-order valence-electron chi connectivity index (χ2n) is 10.2. The highest BCUT2D eigenvalue weighted by Gasteiger charge is 2.30. The minimum Gasteiger partial charge on any atom is -0.480 e. The van der Waals surface area contributed by atoms with Crippen molar-refractivity contribution in [3.8, 4) is 0 Å². The van der Waals surface area contributed by atoms with Crippen molar-refractivity contribution in [3.63, 3.8) is 0 Å². The van der Waals surface area contributed by atoms with Crippen LogP contribution in [0.25, 0.3) is 11.0 Å². The van der Waals surface area contributed by atoms with Gasteiger partial charge in [0.1, 0.15) is 11.7 Å². The summed E-state index contributed by atoms with van der Waals surface area (Å²) in [6, 6.07) is 6.87. The van der Waals surface area contributed by atoms with E-state index in [1.807, 2.05) is 23.9 Å². The number of ether oxygens (including phenoxy) is 1. The van der Waals surface area contributed by atoms with Crippen LogP contribution in [0.2, 0.25) is 0 Å². The fraction of sp³-hybridized carbons (Fsp3) is 0.500. The van der Waals surface area contributed by atoms with Gasteiger partial charge in [-0.2, -0.15) is 0 Å². The zero-order valence-electron chi connectivity index (χ0n) is 20.8. The molecule has 3 heterocycles. The van der Waals surface area contributed by atoms with Crippen LogP contribution in [0.5, 0.6) is 0 Å². The van der Waals surface area contributed by atoms with Crippen molar-refractivity contribution in [2.24, 2.45) is 13.0 Å². The van der Waals surface area contributed by atoms with E-state index in [-0.39, 0.29) is 12.5 Å². The highest BCUT2D eigenvalue weighted by Crippen LogP contribution is 2.34. The van der Waals surface area contributed by atoms with Crippen LogP contribution >= 0.6 is 0 Å². The highest BCUT2D eigenvalue weighted by atomic mass is 16.5. The van der Waals surface area contributed by atoms with Crippen LogP contribution in [0.15, 0.2) is 36.7 Å². The number of pyridine rings is 2. The summed E-state index contributed by atoms with van der Waals surface area (Å²) in [7, 11) is 1.85. The molecular formula is C28H34N4O4. The van der Waals surface area contributed by atoms with Crippen molar-refractivity contribution in [1.82, 2.24) is 19.9 Å². The molecule has 1 amide bonds. The Labute approximate surface area is 211 Å². The van der Waals surface area contributed by atoms with Crippen LogP contribution in [0.1, 0.15) is 65.8 Å². The molecule has 8 heteroatoms. The summed E-state index contributed by atoms with van der Waals surface area (Å²) < 4.78 is 7.76. The molecule has 0 aromatic carbocycles. The Bertz CT molecular complexity index is 1250. The van der Waals surface area contributed by atoms with Gasteiger partial charge in [0.15, 0.2) is 0 Å². The molecule has 3 aromatic rings. The number of nitrogens with one attached hydrogen (secondary N) is 1. The highest BCUT2D eigenvalue weighted by molar-refractivity contribution is 6.06. The van der Waals surface area contributed by atoms with Gasteiger partial charge in [-0.1, -0.05) is 6.07 Å².